The van der Waals surface area contributed by atoms with E-state index in [4.69, 9.17) is 4.74 Å². The topological polar surface area (TPSA) is 9.23 Å². The molecule has 0 aromatic heterocycles. The van der Waals surface area contributed by atoms with Gasteiger partial charge < -0.3 is 17.1 Å². The Bertz CT molecular complexity index is 237. The van der Waals surface area contributed by atoms with Crippen LogP contribution in [-0.4, -0.2) is 7.11 Å². The maximum Gasteiger partial charge on any atom is 0.105 e. The molecule has 0 saturated carbocycles. The minimum absolute atomic E-state index is 0. The molecule has 0 heterocycles. The van der Waals surface area contributed by atoms with Gasteiger partial charge in [0, 0.05) is 19.5 Å². The molecule has 0 aromatic rings. The van der Waals surface area contributed by atoms with E-state index >= 15 is 0 Å². The van der Waals surface area contributed by atoms with Crippen LogP contribution in [0.15, 0.2) is 28.7 Å². The van der Waals surface area contributed by atoms with Gasteiger partial charge in [0.2, 0.25) is 0 Å². The molecule has 63 valence electrons. The van der Waals surface area contributed by atoms with E-state index in [1.807, 2.05) is 26.3 Å². The molecule has 0 spiro atoms. The van der Waals surface area contributed by atoms with Crippen LogP contribution in [0.2, 0.25) is 0 Å². The maximum atomic E-state index is 5.06. The average Bonchev–Trinajstić information content (AvgIpc) is 1.85. The summed E-state index contributed by atoms with van der Waals surface area (Å²) in [6.45, 7) is 4.02. The molecule has 1 aliphatic carbocycles. The van der Waals surface area contributed by atoms with Crippen molar-refractivity contribution in [1.82, 2.24) is 0 Å². The van der Waals surface area contributed by atoms with Crippen molar-refractivity contribution in [2.24, 2.45) is 0 Å². The number of halogens is 1. The summed E-state index contributed by atoms with van der Waals surface area (Å²) in [6.07, 6.45) is 3.93. The minimum atomic E-state index is 0. The summed E-state index contributed by atoms with van der Waals surface area (Å²) in [5.74, 6) is 0.911. The molecular formula is C9H11ClOZn-. The van der Waals surface area contributed by atoms with E-state index in [0.29, 0.717) is 0 Å². The van der Waals surface area contributed by atoms with Crippen LogP contribution < -0.4 is 12.4 Å². The minimum Gasteiger partial charge on any atom is -1.00 e. The molecule has 0 bridgehead atoms. The number of allylic oxidation sites excluding steroid dienone is 2. The van der Waals surface area contributed by atoms with Crippen molar-refractivity contribution < 1.29 is 36.6 Å². The van der Waals surface area contributed by atoms with Crippen molar-refractivity contribution in [3.05, 3.63) is 35.1 Å². The van der Waals surface area contributed by atoms with Crippen molar-refractivity contribution in [3.8, 4) is 0 Å². The molecule has 0 amide bonds. The first-order chi connectivity index (χ1) is 4.72. The monoisotopic (exact) mass is 234 g/mol. The number of ether oxygens (including phenoxy) is 1. The van der Waals surface area contributed by atoms with Crippen molar-refractivity contribution in [1.29, 1.82) is 0 Å². The Hall–Kier alpha value is -0.0266. The molecule has 0 unspecified atom stereocenters. The zero-order valence-corrected chi connectivity index (χ0v) is 11.4. The van der Waals surface area contributed by atoms with Gasteiger partial charge in [-0.3, -0.25) is 0 Å². The van der Waals surface area contributed by atoms with E-state index in [1.165, 1.54) is 0 Å². The van der Waals surface area contributed by atoms with Crippen molar-refractivity contribution in [3.63, 3.8) is 0 Å². The Kier molecular flexibility index (Phi) is 7.83. The van der Waals surface area contributed by atoms with Gasteiger partial charge in [0.05, 0.1) is 13.5 Å². The van der Waals surface area contributed by atoms with Crippen molar-refractivity contribution in [2.75, 3.05) is 7.11 Å². The Morgan fingerprint density at radius 1 is 1.25 bits per heavy atom. The summed E-state index contributed by atoms with van der Waals surface area (Å²) in [4.78, 5) is 0. The summed E-state index contributed by atoms with van der Waals surface area (Å²) in [5.41, 5.74) is 5.41. The number of methoxy groups -OCH3 is 1. The summed E-state index contributed by atoms with van der Waals surface area (Å²) >= 11 is 0. The van der Waals surface area contributed by atoms with Crippen molar-refractivity contribution >= 4 is 0 Å². The fourth-order valence-electron chi connectivity index (χ4n) is 0.969. The van der Waals surface area contributed by atoms with Gasteiger partial charge in [0.1, 0.15) is 5.76 Å². The summed E-state index contributed by atoms with van der Waals surface area (Å²) in [6, 6.07) is 0. The molecule has 0 N–H and O–H groups in total. The average molecular weight is 236 g/mol. The van der Waals surface area contributed by atoms with Crippen molar-refractivity contribution in [2.45, 2.75) is 13.8 Å². The smallest absolute Gasteiger partial charge is 0.105 e. The van der Waals surface area contributed by atoms with Crippen LogP contribution in [0.1, 0.15) is 13.8 Å². The second-order valence-electron chi connectivity index (χ2n) is 2.39. The first kappa shape index (κ1) is 14.5. The molecule has 1 nitrogen and oxygen atoms in total. The van der Waals surface area contributed by atoms with Gasteiger partial charge in [-0.25, -0.2) is 0 Å². The molecule has 0 atom stereocenters. The van der Waals surface area contributed by atoms with Crippen LogP contribution in [0.5, 0.6) is 0 Å². The second-order valence-corrected chi connectivity index (χ2v) is 2.39. The molecule has 0 aliphatic heterocycles. The number of rotatable bonds is 1. The molecule has 12 heavy (non-hydrogen) atoms. The Balaban J connectivity index is 0. The van der Waals surface area contributed by atoms with Gasteiger partial charge in [-0.1, -0.05) is 0 Å². The van der Waals surface area contributed by atoms with Crippen LogP contribution in [0.3, 0.4) is 0 Å². The number of hydrogen-bond acceptors (Lipinski definition) is 1. The van der Waals surface area contributed by atoms with E-state index in [0.717, 1.165) is 16.9 Å². The fraction of sp³-hybridized carbons (Fsp3) is 0.333. The summed E-state index contributed by atoms with van der Waals surface area (Å²) in [5, 5.41) is 0. The molecule has 3 heteroatoms. The zero-order valence-electron chi connectivity index (χ0n) is 7.65. The van der Waals surface area contributed by atoms with E-state index in [-0.39, 0.29) is 31.9 Å². The normalized spacial score (nSPS) is 14.4. The van der Waals surface area contributed by atoms with Gasteiger partial charge in [-0.2, -0.15) is 0 Å². The van der Waals surface area contributed by atoms with E-state index in [1.54, 1.807) is 7.11 Å². The first-order valence-corrected chi connectivity index (χ1v) is 3.27. The maximum absolute atomic E-state index is 5.06. The van der Waals surface area contributed by atoms with Crippen LogP contribution in [0, 0.1) is 6.42 Å². The molecular weight excluding hydrogens is 225 g/mol. The van der Waals surface area contributed by atoms with Gasteiger partial charge in [-0.05, 0) is 31.1 Å². The van der Waals surface area contributed by atoms with Gasteiger partial charge in [0.25, 0.3) is 0 Å². The molecule has 1 aliphatic rings. The summed E-state index contributed by atoms with van der Waals surface area (Å²) < 4.78 is 5.06. The Labute approximate surface area is 92.7 Å². The third kappa shape index (κ3) is 4.11. The van der Waals surface area contributed by atoms with E-state index in [9.17, 15) is 0 Å². The van der Waals surface area contributed by atoms with E-state index in [2.05, 4.69) is 5.73 Å². The van der Waals surface area contributed by atoms with Gasteiger partial charge in [-0.15, -0.1) is 5.73 Å². The Morgan fingerprint density at radius 2 is 1.83 bits per heavy atom. The molecule has 1 radical (unpaired) electrons. The molecule has 0 fully saturated rings. The van der Waals surface area contributed by atoms with Crippen LogP contribution in [0.25, 0.3) is 0 Å². The molecule has 1 rings (SSSR count). The molecule has 0 aromatic carbocycles. The standard InChI is InChI=1S/C9H11O.ClH.Zn/c1-7-4-8(2)6-9(5-7)10-3;;/h5-6H,1-3H3;1H;/p-1. The first-order valence-electron chi connectivity index (χ1n) is 3.27. The predicted octanol–water partition coefficient (Wildman–Crippen LogP) is -0.772. The van der Waals surface area contributed by atoms with Gasteiger partial charge >= 0.3 is 0 Å². The predicted molar refractivity (Wildman–Crippen MR) is 41.3 cm³/mol. The van der Waals surface area contributed by atoms with Crippen LogP contribution >= 0.6 is 0 Å². The number of hydrogen-bond donors (Lipinski definition) is 0. The van der Waals surface area contributed by atoms with Crippen LogP contribution in [-0.2, 0) is 24.2 Å². The molecule has 0 saturated heterocycles. The largest absolute Gasteiger partial charge is 1.00 e. The second kappa shape index (κ2) is 6.49. The van der Waals surface area contributed by atoms with Gasteiger partial charge in [0.15, 0.2) is 0 Å². The fourth-order valence-corrected chi connectivity index (χ4v) is 0.969. The third-order valence-corrected chi connectivity index (χ3v) is 1.35. The van der Waals surface area contributed by atoms with E-state index < -0.39 is 0 Å². The SMILES string of the molecule is COC1=CC(C)=C=C(C)[CH]1.[Cl-].[Zn]. The third-order valence-electron chi connectivity index (χ3n) is 1.35. The van der Waals surface area contributed by atoms with Crippen LogP contribution in [0.4, 0.5) is 0 Å². The summed E-state index contributed by atoms with van der Waals surface area (Å²) in [7, 11) is 1.67. The quantitative estimate of drug-likeness (QED) is 0.429. The zero-order chi connectivity index (χ0) is 7.56. The Morgan fingerprint density at radius 3 is 2.25 bits per heavy atom.